The van der Waals surface area contributed by atoms with Crippen molar-refractivity contribution in [3.8, 4) is 0 Å². The van der Waals surface area contributed by atoms with Crippen molar-refractivity contribution < 1.29 is 14.1 Å². The predicted octanol–water partition coefficient (Wildman–Crippen LogP) is 4.89. The molecule has 0 bridgehead atoms. The van der Waals surface area contributed by atoms with Gasteiger partial charge in [0.1, 0.15) is 0 Å². The van der Waals surface area contributed by atoms with E-state index >= 15 is 0 Å². The Morgan fingerprint density at radius 2 is 1.62 bits per heavy atom. The standard InChI is InChI=1S/C23H18N4O4S/c28-20(24-18-12-7-13-19(14-18)27(29)30)15-32-23-26-25-22(31-23)21(16-8-3-1-4-9-16)17-10-5-2-6-11-17/h1-14,21H,15H2,(H,24,28). The van der Waals surface area contributed by atoms with Crippen molar-refractivity contribution in [3.05, 3.63) is 112 Å². The molecule has 1 N–H and O–H groups in total. The molecule has 9 heteroatoms. The van der Waals surface area contributed by atoms with Gasteiger partial charge in [-0.3, -0.25) is 14.9 Å². The summed E-state index contributed by atoms with van der Waals surface area (Å²) in [5, 5.41) is 22.1. The maximum atomic E-state index is 12.3. The minimum Gasteiger partial charge on any atom is -0.415 e. The number of carbonyl (C=O) groups excluding carboxylic acids is 1. The molecule has 0 radical (unpaired) electrons. The van der Waals surface area contributed by atoms with Crippen LogP contribution >= 0.6 is 11.8 Å². The summed E-state index contributed by atoms with van der Waals surface area (Å²) in [5.41, 5.74) is 2.29. The smallest absolute Gasteiger partial charge is 0.277 e. The fourth-order valence-electron chi connectivity index (χ4n) is 3.19. The van der Waals surface area contributed by atoms with Gasteiger partial charge in [0.05, 0.1) is 16.6 Å². The lowest BCUT2D eigenvalue weighted by molar-refractivity contribution is -0.384. The molecule has 3 aromatic carbocycles. The first-order valence-electron chi connectivity index (χ1n) is 9.70. The van der Waals surface area contributed by atoms with Gasteiger partial charge in [0, 0.05) is 17.8 Å². The Labute approximate surface area is 187 Å². The number of hydrogen-bond donors (Lipinski definition) is 1. The predicted molar refractivity (Wildman–Crippen MR) is 121 cm³/mol. The molecule has 0 aliphatic carbocycles. The Hall–Kier alpha value is -3.98. The van der Waals surface area contributed by atoms with E-state index in [2.05, 4.69) is 15.5 Å². The maximum Gasteiger partial charge on any atom is 0.277 e. The van der Waals surface area contributed by atoms with E-state index in [-0.39, 0.29) is 28.5 Å². The number of nitro groups is 1. The van der Waals surface area contributed by atoms with E-state index < -0.39 is 4.92 Å². The number of thioether (sulfide) groups is 1. The lowest BCUT2D eigenvalue weighted by Gasteiger charge is -2.13. The third-order valence-electron chi connectivity index (χ3n) is 4.60. The monoisotopic (exact) mass is 446 g/mol. The third-order valence-corrected chi connectivity index (χ3v) is 5.42. The number of non-ortho nitro benzene ring substituents is 1. The van der Waals surface area contributed by atoms with Gasteiger partial charge in [0.2, 0.25) is 11.8 Å². The summed E-state index contributed by atoms with van der Waals surface area (Å²) in [7, 11) is 0. The average molecular weight is 446 g/mol. The third kappa shape index (κ3) is 5.19. The molecule has 0 spiro atoms. The molecular weight excluding hydrogens is 428 g/mol. The molecule has 0 aliphatic rings. The van der Waals surface area contributed by atoms with Crippen LogP contribution in [-0.4, -0.2) is 26.8 Å². The number of anilines is 1. The largest absolute Gasteiger partial charge is 0.415 e. The number of carbonyl (C=O) groups is 1. The van der Waals surface area contributed by atoms with Gasteiger partial charge in [0.15, 0.2) is 0 Å². The van der Waals surface area contributed by atoms with Crippen molar-refractivity contribution in [1.82, 2.24) is 10.2 Å². The van der Waals surface area contributed by atoms with E-state index in [0.29, 0.717) is 11.6 Å². The first kappa shape index (κ1) is 21.3. The number of nitrogens with zero attached hydrogens (tertiary/aromatic N) is 3. The number of hydrogen-bond acceptors (Lipinski definition) is 7. The van der Waals surface area contributed by atoms with E-state index in [1.807, 2.05) is 60.7 Å². The van der Waals surface area contributed by atoms with Crippen molar-refractivity contribution >= 4 is 29.0 Å². The Morgan fingerprint density at radius 3 is 2.25 bits per heavy atom. The second-order valence-electron chi connectivity index (χ2n) is 6.80. The summed E-state index contributed by atoms with van der Waals surface area (Å²) in [6.07, 6.45) is 0. The number of nitro benzene ring substituents is 1. The molecule has 1 amide bonds. The van der Waals surface area contributed by atoms with Gasteiger partial charge in [-0.15, -0.1) is 10.2 Å². The second kappa shape index (κ2) is 9.88. The summed E-state index contributed by atoms with van der Waals surface area (Å²) in [6.45, 7) is 0. The van der Waals surface area contributed by atoms with Gasteiger partial charge in [0.25, 0.3) is 10.9 Å². The molecule has 0 unspecified atom stereocenters. The second-order valence-corrected chi connectivity index (χ2v) is 7.73. The van der Waals surface area contributed by atoms with Crippen LogP contribution in [0.4, 0.5) is 11.4 Å². The molecule has 1 heterocycles. The van der Waals surface area contributed by atoms with Crippen molar-refractivity contribution in [2.45, 2.75) is 11.1 Å². The lowest BCUT2D eigenvalue weighted by atomic mass is 9.91. The van der Waals surface area contributed by atoms with Gasteiger partial charge in [-0.2, -0.15) is 0 Å². The van der Waals surface area contributed by atoms with Crippen LogP contribution in [0.5, 0.6) is 0 Å². The van der Waals surface area contributed by atoms with Gasteiger partial charge >= 0.3 is 0 Å². The van der Waals surface area contributed by atoms with Gasteiger partial charge in [-0.1, -0.05) is 78.5 Å². The molecule has 0 saturated heterocycles. The summed E-state index contributed by atoms with van der Waals surface area (Å²) < 4.78 is 5.88. The first-order valence-corrected chi connectivity index (χ1v) is 10.7. The van der Waals surface area contributed by atoms with E-state index in [0.717, 1.165) is 22.9 Å². The Kier molecular flexibility index (Phi) is 6.57. The van der Waals surface area contributed by atoms with E-state index in [1.54, 1.807) is 6.07 Å². The summed E-state index contributed by atoms with van der Waals surface area (Å²) in [6, 6.07) is 25.5. The zero-order valence-corrected chi connectivity index (χ0v) is 17.6. The van der Waals surface area contributed by atoms with Crippen molar-refractivity contribution in [2.75, 3.05) is 11.1 Å². The van der Waals surface area contributed by atoms with Crippen LogP contribution in [0.15, 0.2) is 94.6 Å². The van der Waals surface area contributed by atoms with Gasteiger partial charge < -0.3 is 9.73 Å². The molecule has 0 atom stereocenters. The fourth-order valence-corrected chi connectivity index (χ4v) is 3.76. The zero-order valence-electron chi connectivity index (χ0n) is 16.8. The molecule has 4 rings (SSSR count). The van der Waals surface area contributed by atoms with Crippen LogP contribution < -0.4 is 5.32 Å². The molecule has 1 aromatic heterocycles. The van der Waals surface area contributed by atoms with Gasteiger partial charge in [-0.25, -0.2) is 0 Å². The van der Waals surface area contributed by atoms with Crippen LogP contribution in [-0.2, 0) is 4.79 Å². The summed E-state index contributed by atoms with van der Waals surface area (Å²) in [4.78, 5) is 22.6. The van der Waals surface area contributed by atoms with Crippen molar-refractivity contribution in [3.63, 3.8) is 0 Å². The topological polar surface area (TPSA) is 111 Å². The Morgan fingerprint density at radius 1 is 0.969 bits per heavy atom. The average Bonchev–Trinajstić information content (AvgIpc) is 3.28. The highest BCUT2D eigenvalue weighted by atomic mass is 32.2. The van der Waals surface area contributed by atoms with Crippen LogP contribution in [0, 0.1) is 10.1 Å². The highest BCUT2D eigenvalue weighted by Gasteiger charge is 2.23. The molecule has 4 aromatic rings. The van der Waals surface area contributed by atoms with Crippen LogP contribution in [0.25, 0.3) is 0 Å². The molecule has 0 saturated carbocycles. The maximum absolute atomic E-state index is 12.3. The molecule has 0 aliphatic heterocycles. The number of aromatic nitrogens is 2. The number of amides is 1. The van der Waals surface area contributed by atoms with E-state index in [1.165, 1.54) is 18.2 Å². The minimum absolute atomic E-state index is 0.0195. The lowest BCUT2D eigenvalue weighted by Crippen LogP contribution is -2.14. The number of rotatable bonds is 8. The Balaban J connectivity index is 1.45. The molecule has 160 valence electrons. The van der Waals surface area contributed by atoms with Gasteiger partial charge in [-0.05, 0) is 17.2 Å². The summed E-state index contributed by atoms with van der Waals surface area (Å²) in [5.74, 6) is -0.106. The summed E-state index contributed by atoms with van der Waals surface area (Å²) >= 11 is 1.10. The van der Waals surface area contributed by atoms with E-state index in [4.69, 9.17) is 4.42 Å². The SMILES string of the molecule is O=C(CSc1nnc(C(c2ccccc2)c2ccccc2)o1)Nc1cccc([N+](=O)[O-])c1. The Bertz CT molecular complexity index is 1180. The molecule has 0 fully saturated rings. The zero-order chi connectivity index (χ0) is 22.3. The van der Waals surface area contributed by atoms with Crippen LogP contribution in [0.3, 0.4) is 0 Å². The molecular formula is C23H18N4O4S. The molecule has 8 nitrogen and oxygen atoms in total. The minimum atomic E-state index is -0.514. The highest BCUT2D eigenvalue weighted by Crippen LogP contribution is 2.32. The first-order chi connectivity index (χ1) is 15.6. The van der Waals surface area contributed by atoms with E-state index in [9.17, 15) is 14.9 Å². The normalized spacial score (nSPS) is 10.8. The van der Waals surface area contributed by atoms with Crippen molar-refractivity contribution in [2.24, 2.45) is 0 Å². The highest BCUT2D eigenvalue weighted by molar-refractivity contribution is 7.99. The van der Waals surface area contributed by atoms with Crippen molar-refractivity contribution in [1.29, 1.82) is 0 Å². The number of benzene rings is 3. The quantitative estimate of drug-likeness (QED) is 0.233. The van der Waals surface area contributed by atoms with Crippen LogP contribution in [0.1, 0.15) is 22.9 Å². The van der Waals surface area contributed by atoms with Crippen LogP contribution in [0.2, 0.25) is 0 Å². The number of nitrogens with one attached hydrogen (secondary N) is 1. The fraction of sp³-hybridized carbons (Fsp3) is 0.0870. The molecule has 32 heavy (non-hydrogen) atoms.